The van der Waals surface area contributed by atoms with Gasteiger partial charge in [-0.25, -0.2) is 0 Å². The number of likely N-dealkylation sites (tertiary alicyclic amines) is 2. The van der Waals surface area contributed by atoms with Gasteiger partial charge in [-0.2, -0.15) is 5.10 Å². The van der Waals surface area contributed by atoms with E-state index in [2.05, 4.69) is 33.8 Å². The lowest BCUT2D eigenvalue weighted by atomic mass is 9.64. The number of aliphatic hydroxyl groups is 1. The summed E-state index contributed by atoms with van der Waals surface area (Å²) in [5.74, 6) is 0.425. The van der Waals surface area contributed by atoms with Crippen molar-refractivity contribution in [3.8, 4) is 0 Å². The summed E-state index contributed by atoms with van der Waals surface area (Å²) in [4.78, 5) is 5.23. The maximum atomic E-state index is 10.2. The van der Waals surface area contributed by atoms with Gasteiger partial charge >= 0.3 is 0 Å². The van der Waals surface area contributed by atoms with E-state index in [9.17, 15) is 5.11 Å². The van der Waals surface area contributed by atoms with Crippen LogP contribution in [0.4, 0.5) is 0 Å². The van der Waals surface area contributed by atoms with E-state index in [1.54, 1.807) is 0 Å². The smallest absolute Gasteiger partial charge is 0.0639 e. The zero-order valence-corrected chi connectivity index (χ0v) is 17.0. The molecule has 3 saturated heterocycles. The Morgan fingerprint density at radius 3 is 2.48 bits per heavy atom. The number of hydrogen-bond acceptors (Lipinski definition) is 5. The van der Waals surface area contributed by atoms with Crippen LogP contribution < -0.4 is 0 Å². The van der Waals surface area contributed by atoms with E-state index >= 15 is 0 Å². The molecule has 0 unspecified atom stereocenters. The number of piperidine rings is 2. The molecule has 1 aromatic rings. The second kappa shape index (κ2) is 8.19. The Balaban J connectivity index is 1.35. The highest BCUT2D eigenvalue weighted by Gasteiger charge is 2.45. The summed E-state index contributed by atoms with van der Waals surface area (Å²) in [6, 6.07) is 0.664. The highest BCUT2D eigenvalue weighted by molar-refractivity contribution is 5.23. The first kappa shape index (κ1) is 19.4. The molecule has 1 atom stereocenters. The van der Waals surface area contributed by atoms with Crippen LogP contribution in [-0.2, 0) is 11.3 Å². The number of rotatable bonds is 4. The molecule has 4 rings (SSSR count). The third-order valence-electron chi connectivity index (χ3n) is 7.66. The van der Waals surface area contributed by atoms with Gasteiger partial charge in [0.15, 0.2) is 0 Å². The number of aromatic amines is 1. The minimum atomic E-state index is 0.333. The van der Waals surface area contributed by atoms with Gasteiger partial charge in [0.2, 0.25) is 0 Å². The molecular formula is C21H36N4O2. The number of ether oxygens (including phenoxy) is 1. The van der Waals surface area contributed by atoms with Crippen LogP contribution in [0.1, 0.15) is 49.1 Å². The average molecular weight is 377 g/mol. The maximum Gasteiger partial charge on any atom is 0.0639 e. The molecule has 0 radical (unpaired) electrons. The fraction of sp³-hybridized carbons (Fsp3) is 0.857. The van der Waals surface area contributed by atoms with Crippen molar-refractivity contribution >= 4 is 0 Å². The lowest BCUT2D eigenvalue weighted by molar-refractivity contribution is -0.0670. The molecule has 1 aromatic heterocycles. The molecule has 0 saturated carbocycles. The maximum absolute atomic E-state index is 10.2. The Morgan fingerprint density at radius 1 is 1.15 bits per heavy atom. The normalized spacial score (nSPS) is 28.0. The number of nitrogens with one attached hydrogen (secondary N) is 1. The van der Waals surface area contributed by atoms with Crippen LogP contribution in [0.3, 0.4) is 0 Å². The van der Waals surface area contributed by atoms with Crippen LogP contribution in [0, 0.1) is 25.2 Å². The van der Waals surface area contributed by atoms with E-state index < -0.39 is 0 Å². The number of aliphatic hydroxyl groups excluding tert-OH is 1. The van der Waals surface area contributed by atoms with Crippen molar-refractivity contribution in [2.24, 2.45) is 11.3 Å². The molecule has 152 valence electrons. The number of H-pyrrole nitrogens is 1. The Kier molecular flexibility index (Phi) is 5.88. The fourth-order valence-electron chi connectivity index (χ4n) is 5.62. The predicted molar refractivity (Wildman–Crippen MR) is 106 cm³/mol. The van der Waals surface area contributed by atoms with Crippen molar-refractivity contribution < 1.29 is 9.84 Å². The van der Waals surface area contributed by atoms with Crippen molar-refractivity contribution in [3.05, 3.63) is 17.0 Å². The highest BCUT2D eigenvalue weighted by atomic mass is 16.5. The summed E-state index contributed by atoms with van der Waals surface area (Å²) in [6.45, 7) is 11.9. The van der Waals surface area contributed by atoms with E-state index in [0.717, 1.165) is 57.9 Å². The van der Waals surface area contributed by atoms with E-state index in [-0.39, 0.29) is 0 Å². The second-order valence-electron chi connectivity index (χ2n) is 9.02. The van der Waals surface area contributed by atoms with Gasteiger partial charge in [0.1, 0.15) is 0 Å². The minimum absolute atomic E-state index is 0.333. The van der Waals surface area contributed by atoms with Gasteiger partial charge in [0.25, 0.3) is 0 Å². The third kappa shape index (κ3) is 3.95. The first-order chi connectivity index (χ1) is 13.1. The molecule has 3 aliphatic heterocycles. The van der Waals surface area contributed by atoms with Crippen LogP contribution in [-0.4, -0.2) is 77.1 Å². The molecule has 0 aromatic carbocycles. The molecule has 2 N–H and O–H groups in total. The molecule has 6 heteroatoms. The van der Waals surface area contributed by atoms with Crippen molar-refractivity contribution in [1.82, 2.24) is 20.0 Å². The number of aryl methyl sites for hydroxylation is 2. The first-order valence-corrected chi connectivity index (χ1v) is 10.8. The number of hydrogen-bond donors (Lipinski definition) is 2. The topological polar surface area (TPSA) is 64.6 Å². The second-order valence-corrected chi connectivity index (χ2v) is 9.02. The average Bonchev–Trinajstić information content (AvgIpc) is 3.03. The molecule has 3 aliphatic rings. The Bertz CT molecular complexity index is 598. The molecule has 0 aliphatic carbocycles. The SMILES string of the molecule is Cc1n[nH]c(C)c1CN1CCC2(CC1)CCN(C1CCOCC1)C[C@H]2CO. The zero-order valence-electron chi connectivity index (χ0n) is 17.0. The molecule has 3 fully saturated rings. The Labute approximate surface area is 163 Å². The van der Waals surface area contributed by atoms with Gasteiger partial charge in [0.05, 0.1) is 5.69 Å². The van der Waals surface area contributed by atoms with Crippen molar-refractivity contribution in [3.63, 3.8) is 0 Å². The van der Waals surface area contributed by atoms with E-state index in [1.807, 2.05) is 0 Å². The van der Waals surface area contributed by atoms with Gasteiger partial charge in [-0.3, -0.25) is 14.9 Å². The van der Waals surface area contributed by atoms with Crippen molar-refractivity contribution in [2.45, 2.75) is 58.5 Å². The summed E-state index contributed by atoms with van der Waals surface area (Å²) in [7, 11) is 0. The third-order valence-corrected chi connectivity index (χ3v) is 7.66. The molecule has 0 bridgehead atoms. The Morgan fingerprint density at radius 2 is 1.85 bits per heavy atom. The summed E-state index contributed by atoms with van der Waals surface area (Å²) in [5, 5.41) is 17.6. The van der Waals surface area contributed by atoms with Gasteiger partial charge < -0.3 is 9.84 Å². The van der Waals surface area contributed by atoms with Gasteiger partial charge in [-0.15, -0.1) is 0 Å². The van der Waals surface area contributed by atoms with Gasteiger partial charge in [-0.1, -0.05) is 0 Å². The molecule has 1 spiro atoms. The van der Waals surface area contributed by atoms with Crippen molar-refractivity contribution in [2.75, 3.05) is 46.0 Å². The van der Waals surface area contributed by atoms with Crippen LogP contribution in [0.15, 0.2) is 0 Å². The monoisotopic (exact) mass is 376 g/mol. The molecule has 27 heavy (non-hydrogen) atoms. The first-order valence-electron chi connectivity index (χ1n) is 10.8. The Hall–Kier alpha value is -0.950. The zero-order chi connectivity index (χ0) is 18.9. The lowest BCUT2D eigenvalue weighted by Crippen LogP contribution is -2.56. The predicted octanol–water partition coefficient (Wildman–Crippen LogP) is 2.10. The van der Waals surface area contributed by atoms with E-state index in [0.29, 0.717) is 24.0 Å². The minimum Gasteiger partial charge on any atom is -0.396 e. The quantitative estimate of drug-likeness (QED) is 0.843. The molecule has 4 heterocycles. The summed E-state index contributed by atoms with van der Waals surface area (Å²) < 4.78 is 5.54. The standard InChI is InChI=1S/C21H36N4O2/c1-16-20(17(2)23-22-16)14-24-8-5-21(6-9-24)7-10-25(13-18(21)15-26)19-3-11-27-12-4-19/h18-19,26H,3-15H2,1-2H3,(H,22,23)/t18-/m0/s1. The summed E-state index contributed by atoms with van der Waals surface area (Å²) in [6.07, 6.45) is 5.99. The van der Waals surface area contributed by atoms with Crippen LogP contribution in [0.5, 0.6) is 0 Å². The summed E-state index contributed by atoms with van der Waals surface area (Å²) >= 11 is 0. The molecular weight excluding hydrogens is 340 g/mol. The van der Waals surface area contributed by atoms with Gasteiger partial charge in [0, 0.05) is 56.1 Å². The molecule has 6 nitrogen and oxygen atoms in total. The number of nitrogens with zero attached hydrogens (tertiary/aromatic N) is 3. The highest BCUT2D eigenvalue weighted by Crippen LogP contribution is 2.46. The van der Waals surface area contributed by atoms with Crippen molar-refractivity contribution in [1.29, 1.82) is 0 Å². The van der Waals surface area contributed by atoms with E-state index in [4.69, 9.17) is 4.74 Å². The largest absolute Gasteiger partial charge is 0.396 e. The van der Waals surface area contributed by atoms with E-state index in [1.165, 1.54) is 37.1 Å². The van der Waals surface area contributed by atoms with Crippen LogP contribution >= 0.6 is 0 Å². The summed E-state index contributed by atoms with van der Waals surface area (Å²) in [5.41, 5.74) is 4.03. The van der Waals surface area contributed by atoms with Crippen LogP contribution in [0.25, 0.3) is 0 Å². The van der Waals surface area contributed by atoms with Gasteiger partial charge in [-0.05, 0) is 71.0 Å². The number of aromatic nitrogens is 2. The lowest BCUT2D eigenvalue weighted by Gasteiger charge is -2.53. The fourth-order valence-corrected chi connectivity index (χ4v) is 5.62. The molecule has 0 amide bonds. The van der Waals surface area contributed by atoms with Crippen LogP contribution in [0.2, 0.25) is 0 Å².